The number of nitrogens with zero attached hydrogens (tertiary/aromatic N) is 2. The monoisotopic (exact) mass is 243 g/mol. The summed E-state index contributed by atoms with van der Waals surface area (Å²) < 4.78 is 2.00. The largest absolute Gasteiger partial charge is 0.340 e. The summed E-state index contributed by atoms with van der Waals surface area (Å²) in [7, 11) is 2.01. The van der Waals surface area contributed by atoms with Crippen molar-refractivity contribution in [2.75, 3.05) is 6.54 Å². The number of rotatable bonds is 5. The molecule has 1 heterocycles. The molecule has 96 valence electrons. The minimum atomic E-state index is 0.290. The number of nitrogens with one attached hydrogen (secondary N) is 1. The maximum atomic E-state index is 4.45. The highest BCUT2D eigenvalue weighted by atomic mass is 15.0. The summed E-state index contributed by atoms with van der Waals surface area (Å²) in [5, 5.41) is 3.50. The van der Waals surface area contributed by atoms with Gasteiger partial charge in [-0.2, -0.15) is 0 Å². The van der Waals surface area contributed by atoms with Crippen LogP contribution >= 0.6 is 0 Å². The zero-order chi connectivity index (χ0) is 13.0. The van der Waals surface area contributed by atoms with E-state index in [1.165, 1.54) is 11.1 Å². The van der Waals surface area contributed by atoms with Crippen molar-refractivity contribution in [3.8, 4) is 0 Å². The van der Waals surface area contributed by atoms with Crippen LogP contribution in [0.5, 0.6) is 0 Å². The predicted octanol–water partition coefficient (Wildman–Crippen LogP) is 2.62. The van der Waals surface area contributed by atoms with Crippen LogP contribution in [-0.4, -0.2) is 16.1 Å². The molecule has 1 atom stereocenters. The normalized spacial score (nSPS) is 12.6. The van der Waals surface area contributed by atoms with Gasteiger partial charge in [-0.05, 0) is 25.5 Å². The standard InChI is InChI=1S/C15H21N3/c1-4-16-14(15-10-18(3)11-17-15)9-13-7-5-6-12(2)8-13/h5-8,10-11,14,16H,4,9H2,1-3H3. The second kappa shape index (κ2) is 5.83. The first-order valence-corrected chi connectivity index (χ1v) is 6.46. The van der Waals surface area contributed by atoms with Crippen LogP contribution in [0.15, 0.2) is 36.8 Å². The molecular weight excluding hydrogens is 222 g/mol. The number of likely N-dealkylation sites (N-methyl/N-ethyl adjacent to an activating group) is 1. The van der Waals surface area contributed by atoms with Crippen LogP contribution in [0, 0.1) is 6.92 Å². The molecule has 0 fully saturated rings. The average Bonchev–Trinajstić information content (AvgIpc) is 2.75. The number of hydrogen-bond acceptors (Lipinski definition) is 2. The maximum absolute atomic E-state index is 4.45. The first-order chi connectivity index (χ1) is 8.69. The highest BCUT2D eigenvalue weighted by Gasteiger charge is 2.13. The Bertz CT molecular complexity index is 502. The number of imidazole rings is 1. The lowest BCUT2D eigenvalue weighted by atomic mass is 10.0. The lowest BCUT2D eigenvalue weighted by Gasteiger charge is -2.16. The number of hydrogen-bond donors (Lipinski definition) is 1. The molecule has 0 radical (unpaired) electrons. The van der Waals surface area contributed by atoms with Gasteiger partial charge in [0.25, 0.3) is 0 Å². The van der Waals surface area contributed by atoms with E-state index < -0.39 is 0 Å². The fraction of sp³-hybridized carbons (Fsp3) is 0.400. The van der Waals surface area contributed by atoms with Crippen molar-refractivity contribution < 1.29 is 0 Å². The highest BCUT2D eigenvalue weighted by Crippen LogP contribution is 2.17. The molecule has 3 heteroatoms. The molecule has 18 heavy (non-hydrogen) atoms. The molecule has 0 aliphatic carbocycles. The minimum absolute atomic E-state index is 0.290. The van der Waals surface area contributed by atoms with E-state index in [9.17, 15) is 0 Å². The van der Waals surface area contributed by atoms with E-state index in [1.54, 1.807) is 0 Å². The second-order valence-electron chi connectivity index (χ2n) is 4.77. The van der Waals surface area contributed by atoms with Gasteiger partial charge in [-0.15, -0.1) is 0 Å². The Morgan fingerprint density at radius 2 is 2.22 bits per heavy atom. The van der Waals surface area contributed by atoms with Crippen molar-refractivity contribution in [1.29, 1.82) is 0 Å². The minimum Gasteiger partial charge on any atom is -0.340 e. The van der Waals surface area contributed by atoms with Gasteiger partial charge < -0.3 is 9.88 Å². The Hall–Kier alpha value is -1.61. The Kier molecular flexibility index (Phi) is 4.15. The molecule has 1 aromatic carbocycles. The zero-order valence-corrected chi connectivity index (χ0v) is 11.4. The summed E-state index contributed by atoms with van der Waals surface area (Å²) in [6, 6.07) is 8.96. The van der Waals surface area contributed by atoms with Gasteiger partial charge in [0.15, 0.2) is 0 Å². The van der Waals surface area contributed by atoms with Gasteiger partial charge >= 0.3 is 0 Å². The van der Waals surface area contributed by atoms with Gasteiger partial charge in [0.2, 0.25) is 0 Å². The van der Waals surface area contributed by atoms with Crippen LogP contribution in [0.3, 0.4) is 0 Å². The van der Waals surface area contributed by atoms with Gasteiger partial charge in [0, 0.05) is 13.2 Å². The first kappa shape index (κ1) is 12.8. The molecule has 0 amide bonds. The number of benzene rings is 1. The predicted molar refractivity (Wildman–Crippen MR) is 74.5 cm³/mol. The molecule has 1 N–H and O–H groups in total. The summed E-state index contributed by atoms with van der Waals surface area (Å²) in [5.41, 5.74) is 3.77. The zero-order valence-electron chi connectivity index (χ0n) is 11.4. The van der Waals surface area contributed by atoms with E-state index in [0.717, 1.165) is 18.7 Å². The van der Waals surface area contributed by atoms with Crippen molar-refractivity contribution in [3.63, 3.8) is 0 Å². The lowest BCUT2D eigenvalue weighted by Crippen LogP contribution is -2.23. The average molecular weight is 243 g/mol. The molecule has 0 bridgehead atoms. The third kappa shape index (κ3) is 3.20. The molecule has 0 aliphatic rings. The van der Waals surface area contributed by atoms with Crippen molar-refractivity contribution in [2.24, 2.45) is 7.05 Å². The van der Waals surface area contributed by atoms with Crippen LogP contribution in [0.4, 0.5) is 0 Å². The van der Waals surface area contributed by atoms with Crippen LogP contribution in [0.1, 0.15) is 29.8 Å². The van der Waals surface area contributed by atoms with E-state index in [2.05, 4.69) is 54.6 Å². The molecule has 3 nitrogen and oxygen atoms in total. The van der Waals surface area contributed by atoms with E-state index in [1.807, 2.05) is 17.9 Å². The Morgan fingerprint density at radius 1 is 1.39 bits per heavy atom. The Morgan fingerprint density at radius 3 is 2.83 bits per heavy atom. The molecule has 0 saturated heterocycles. The number of aromatic nitrogens is 2. The van der Waals surface area contributed by atoms with Gasteiger partial charge in [-0.3, -0.25) is 0 Å². The van der Waals surface area contributed by atoms with E-state index in [0.29, 0.717) is 0 Å². The molecule has 0 saturated carbocycles. The van der Waals surface area contributed by atoms with Crippen LogP contribution < -0.4 is 5.32 Å². The van der Waals surface area contributed by atoms with Gasteiger partial charge in [0.05, 0.1) is 18.1 Å². The third-order valence-electron chi connectivity index (χ3n) is 3.05. The van der Waals surface area contributed by atoms with Gasteiger partial charge in [0.1, 0.15) is 0 Å². The quantitative estimate of drug-likeness (QED) is 0.875. The molecule has 1 aromatic heterocycles. The Labute approximate surface area is 109 Å². The van der Waals surface area contributed by atoms with Crippen molar-refractivity contribution in [3.05, 3.63) is 53.6 Å². The van der Waals surface area contributed by atoms with E-state index in [4.69, 9.17) is 0 Å². The van der Waals surface area contributed by atoms with Crippen LogP contribution in [-0.2, 0) is 13.5 Å². The highest BCUT2D eigenvalue weighted by molar-refractivity contribution is 5.24. The Balaban J connectivity index is 2.16. The molecule has 2 rings (SSSR count). The lowest BCUT2D eigenvalue weighted by molar-refractivity contribution is 0.538. The number of aryl methyl sites for hydroxylation is 2. The van der Waals surface area contributed by atoms with Crippen molar-refractivity contribution in [2.45, 2.75) is 26.3 Å². The molecular formula is C15H21N3. The second-order valence-corrected chi connectivity index (χ2v) is 4.77. The molecule has 0 aliphatic heterocycles. The smallest absolute Gasteiger partial charge is 0.0947 e. The fourth-order valence-corrected chi connectivity index (χ4v) is 2.22. The summed E-state index contributed by atoms with van der Waals surface area (Å²) in [6.45, 7) is 5.21. The van der Waals surface area contributed by atoms with Crippen molar-refractivity contribution >= 4 is 0 Å². The fourth-order valence-electron chi connectivity index (χ4n) is 2.22. The van der Waals surface area contributed by atoms with E-state index in [-0.39, 0.29) is 6.04 Å². The van der Waals surface area contributed by atoms with Gasteiger partial charge in [-0.1, -0.05) is 36.8 Å². The topological polar surface area (TPSA) is 29.9 Å². The molecule has 0 spiro atoms. The third-order valence-corrected chi connectivity index (χ3v) is 3.05. The van der Waals surface area contributed by atoms with Gasteiger partial charge in [-0.25, -0.2) is 4.98 Å². The summed E-state index contributed by atoms with van der Waals surface area (Å²) in [6.07, 6.45) is 4.92. The summed E-state index contributed by atoms with van der Waals surface area (Å²) >= 11 is 0. The first-order valence-electron chi connectivity index (χ1n) is 6.46. The summed E-state index contributed by atoms with van der Waals surface area (Å²) in [4.78, 5) is 4.45. The summed E-state index contributed by atoms with van der Waals surface area (Å²) in [5.74, 6) is 0. The SMILES string of the molecule is CCNC(Cc1cccc(C)c1)c1cn(C)cn1. The van der Waals surface area contributed by atoms with Crippen LogP contribution in [0.2, 0.25) is 0 Å². The molecule has 2 aromatic rings. The van der Waals surface area contributed by atoms with Crippen molar-refractivity contribution in [1.82, 2.24) is 14.9 Å². The molecule has 1 unspecified atom stereocenters. The maximum Gasteiger partial charge on any atom is 0.0947 e. The van der Waals surface area contributed by atoms with E-state index >= 15 is 0 Å². The van der Waals surface area contributed by atoms with Crippen LogP contribution in [0.25, 0.3) is 0 Å².